The maximum Gasteiger partial charge on any atom is 0.299 e. The first-order chi connectivity index (χ1) is 8.10. The van der Waals surface area contributed by atoms with E-state index in [0.717, 1.165) is 0 Å². The van der Waals surface area contributed by atoms with Crippen LogP contribution in [0.1, 0.15) is 20.7 Å². The molecule has 1 aliphatic rings. The number of nitrogens with one attached hydrogen (secondary N) is 1. The molecule has 0 spiro atoms. The molecule has 0 aromatic heterocycles. The molecule has 17 heavy (non-hydrogen) atoms. The topological polar surface area (TPSA) is 81.7 Å². The minimum absolute atomic E-state index is 0.0244. The van der Waals surface area contributed by atoms with E-state index in [1.54, 1.807) is 0 Å². The van der Waals surface area contributed by atoms with Gasteiger partial charge >= 0.3 is 0 Å². The molecular weight excluding hydrogens is 226 g/mol. The van der Waals surface area contributed by atoms with Crippen molar-refractivity contribution in [2.24, 2.45) is 0 Å². The molecule has 0 aliphatic carbocycles. The van der Waals surface area contributed by atoms with Crippen molar-refractivity contribution in [3.8, 4) is 11.5 Å². The second-order valence-corrected chi connectivity index (χ2v) is 3.34. The molecule has 0 atom stereocenters. The first kappa shape index (κ1) is 11.1. The molecular formula is C11H9NO5. The summed E-state index contributed by atoms with van der Waals surface area (Å²) in [5.74, 6) is -1.90. The van der Waals surface area contributed by atoms with E-state index < -0.39 is 17.6 Å². The Kier molecular flexibility index (Phi) is 2.55. The molecule has 6 heteroatoms. The summed E-state index contributed by atoms with van der Waals surface area (Å²) >= 11 is 0. The van der Waals surface area contributed by atoms with Crippen LogP contribution in [0.2, 0.25) is 0 Å². The highest BCUT2D eigenvalue weighted by molar-refractivity contribution is 6.49. The molecule has 1 heterocycles. The van der Waals surface area contributed by atoms with E-state index in [0.29, 0.717) is 5.75 Å². The van der Waals surface area contributed by atoms with Gasteiger partial charge in [0.1, 0.15) is 0 Å². The highest BCUT2D eigenvalue weighted by Gasteiger charge is 2.34. The standard InChI is InChI=1S/C11H9NO5/c1-16-6-4-3-5-7(9(6)17-2)10(14)12-11(15)8(5)13/h3-4H,1-2H3,(H,12,14,15). The van der Waals surface area contributed by atoms with E-state index >= 15 is 0 Å². The second-order valence-electron chi connectivity index (χ2n) is 3.34. The Bertz CT molecular complexity index is 535. The minimum atomic E-state index is -0.935. The largest absolute Gasteiger partial charge is 0.493 e. The maximum atomic E-state index is 11.7. The summed E-state index contributed by atoms with van der Waals surface area (Å²) in [5, 5.41) is 1.95. The van der Waals surface area contributed by atoms with Gasteiger partial charge in [0.2, 0.25) is 0 Å². The lowest BCUT2D eigenvalue weighted by molar-refractivity contribution is -0.116. The van der Waals surface area contributed by atoms with E-state index in [1.165, 1.54) is 26.4 Å². The van der Waals surface area contributed by atoms with Crippen LogP contribution >= 0.6 is 0 Å². The lowest BCUT2D eigenvalue weighted by Gasteiger charge is -2.18. The summed E-state index contributed by atoms with van der Waals surface area (Å²) in [4.78, 5) is 34.4. The van der Waals surface area contributed by atoms with Gasteiger partial charge in [0.05, 0.1) is 19.8 Å². The van der Waals surface area contributed by atoms with Gasteiger partial charge in [-0.3, -0.25) is 19.7 Å². The first-order valence-electron chi connectivity index (χ1n) is 4.75. The number of Topliss-reactive ketones (excluding diaryl/α,β-unsaturated/α-hetero) is 1. The Labute approximate surface area is 96.5 Å². The average Bonchev–Trinajstić information content (AvgIpc) is 2.34. The summed E-state index contributed by atoms with van der Waals surface area (Å²) in [7, 11) is 2.77. The van der Waals surface area contributed by atoms with Crippen LogP contribution in [0.15, 0.2) is 12.1 Å². The Morgan fingerprint density at radius 1 is 1.00 bits per heavy atom. The average molecular weight is 235 g/mol. The van der Waals surface area contributed by atoms with Crippen LogP contribution in [0.4, 0.5) is 0 Å². The van der Waals surface area contributed by atoms with E-state index in [9.17, 15) is 14.4 Å². The van der Waals surface area contributed by atoms with Crippen LogP contribution in [-0.4, -0.2) is 31.8 Å². The van der Waals surface area contributed by atoms with Crippen molar-refractivity contribution in [3.63, 3.8) is 0 Å². The van der Waals surface area contributed by atoms with Crippen LogP contribution < -0.4 is 14.8 Å². The van der Waals surface area contributed by atoms with Crippen LogP contribution in [0.3, 0.4) is 0 Å². The number of hydrogen-bond acceptors (Lipinski definition) is 5. The highest BCUT2D eigenvalue weighted by atomic mass is 16.5. The molecule has 88 valence electrons. The van der Waals surface area contributed by atoms with E-state index in [4.69, 9.17) is 9.47 Å². The number of fused-ring (bicyclic) bond motifs is 1. The smallest absolute Gasteiger partial charge is 0.299 e. The summed E-state index contributed by atoms with van der Waals surface area (Å²) < 4.78 is 10.1. The zero-order valence-electron chi connectivity index (χ0n) is 9.20. The van der Waals surface area contributed by atoms with E-state index in [1.807, 2.05) is 5.32 Å². The third kappa shape index (κ3) is 1.54. The fraction of sp³-hybridized carbons (Fsp3) is 0.182. The minimum Gasteiger partial charge on any atom is -0.493 e. The first-order valence-corrected chi connectivity index (χ1v) is 4.75. The van der Waals surface area contributed by atoms with Crippen LogP contribution in [0, 0.1) is 0 Å². The van der Waals surface area contributed by atoms with Gasteiger partial charge in [-0.05, 0) is 12.1 Å². The van der Waals surface area contributed by atoms with Gasteiger partial charge in [-0.15, -0.1) is 0 Å². The molecule has 0 fully saturated rings. The van der Waals surface area contributed by atoms with Gasteiger partial charge in [-0.1, -0.05) is 0 Å². The Morgan fingerprint density at radius 2 is 1.71 bits per heavy atom. The van der Waals surface area contributed by atoms with Crippen molar-refractivity contribution < 1.29 is 23.9 Å². The van der Waals surface area contributed by atoms with Gasteiger partial charge in [-0.2, -0.15) is 0 Å². The lowest BCUT2D eigenvalue weighted by atomic mass is 9.97. The maximum absolute atomic E-state index is 11.7. The summed E-state index contributed by atoms with van der Waals surface area (Å²) in [6.45, 7) is 0. The summed E-state index contributed by atoms with van der Waals surface area (Å²) in [5.41, 5.74) is 0.0489. The van der Waals surface area contributed by atoms with Gasteiger partial charge in [-0.25, -0.2) is 0 Å². The molecule has 0 unspecified atom stereocenters. The molecule has 2 amide bonds. The number of methoxy groups -OCH3 is 2. The summed E-state index contributed by atoms with van der Waals surface area (Å²) in [6.07, 6.45) is 0. The third-order valence-electron chi connectivity index (χ3n) is 2.45. The quantitative estimate of drug-likeness (QED) is 0.583. The van der Waals surface area contributed by atoms with Gasteiger partial charge in [0.25, 0.3) is 17.6 Å². The number of carbonyl (C=O) groups is 3. The number of hydrogen-bond donors (Lipinski definition) is 1. The molecule has 1 N–H and O–H groups in total. The molecule has 0 radical (unpaired) electrons. The number of ketones is 1. The van der Waals surface area contributed by atoms with Crippen molar-refractivity contribution >= 4 is 17.6 Å². The molecule has 1 aromatic rings. The number of rotatable bonds is 2. The lowest BCUT2D eigenvalue weighted by Crippen LogP contribution is -2.42. The van der Waals surface area contributed by atoms with Crippen molar-refractivity contribution in [1.29, 1.82) is 0 Å². The molecule has 0 bridgehead atoms. The van der Waals surface area contributed by atoms with Crippen molar-refractivity contribution in [2.45, 2.75) is 0 Å². The molecule has 1 aromatic carbocycles. The number of carbonyl (C=O) groups excluding carboxylic acids is 3. The van der Waals surface area contributed by atoms with Gasteiger partial charge in [0, 0.05) is 5.56 Å². The highest BCUT2D eigenvalue weighted by Crippen LogP contribution is 2.34. The van der Waals surface area contributed by atoms with Crippen LogP contribution in [0.5, 0.6) is 11.5 Å². The number of imide groups is 1. The molecule has 2 rings (SSSR count). The monoisotopic (exact) mass is 235 g/mol. The van der Waals surface area contributed by atoms with Crippen LogP contribution in [-0.2, 0) is 4.79 Å². The van der Waals surface area contributed by atoms with Gasteiger partial charge < -0.3 is 9.47 Å². The summed E-state index contributed by atoms with van der Waals surface area (Å²) in [6, 6.07) is 2.84. The van der Waals surface area contributed by atoms with Crippen molar-refractivity contribution in [1.82, 2.24) is 5.32 Å². The predicted molar refractivity (Wildman–Crippen MR) is 56.3 cm³/mol. The molecule has 0 saturated heterocycles. The van der Waals surface area contributed by atoms with Crippen molar-refractivity contribution in [2.75, 3.05) is 14.2 Å². The zero-order chi connectivity index (χ0) is 12.6. The molecule has 6 nitrogen and oxygen atoms in total. The second kappa shape index (κ2) is 3.89. The van der Waals surface area contributed by atoms with Gasteiger partial charge in [0.15, 0.2) is 11.5 Å². The Balaban J connectivity index is 2.73. The van der Waals surface area contributed by atoms with Crippen LogP contribution in [0.25, 0.3) is 0 Å². The number of ether oxygens (including phenoxy) is 2. The fourth-order valence-electron chi connectivity index (χ4n) is 1.69. The number of benzene rings is 1. The van der Waals surface area contributed by atoms with E-state index in [2.05, 4.69) is 0 Å². The normalized spacial score (nSPS) is 14.1. The Hall–Kier alpha value is -2.37. The fourth-order valence-corrected chi connectivity index (χ4v) is 1.69. The zero-order valence-corrected chi connectivity index (χ0v) is 9.20. The number of amides is 2. The molecule has 0 saturated carbocycles. The van der Waals surface area contributed by atoms with Crippen molar-refractivity contribution in [3.05, 3.63) is 23.3 Å². The molecule has 1 aliphatic heterocycles. The Morgan fingerprint density at radius 3 is 2.29 bits per heavy atom. The SMILES string of the molecule is COc1ccc2c(c1OC)C(=O)NC(=O)C2=O. The van der Waals surface area contributed by atoms with E-state index in [-0.39, 0.29) is 16.9 Å². The predicted octanol–water partition coefficient (Wildman–Crippen LogP) is 0.156. The third-order valence-corrected chi connectivity index (χ3v) is 2.45.